The molecule has 6 nitrogen and oxygen atoms in total. The highest BCUT2D eigenvalue weighted by Crippen LogP contribution is 2.18. The van der Waals surface area contributed by atoms with E-state index in [4.69, 9.17) is 0 Å². The van der Waals surface area contributed by atoms with Crippen molar-refractivity contribution in [2.75, 3.05) is 31.6 Å². The summed E-state index contributed by atoms with van der Waals surface area (Å²) in [6.45, 7) is 4.52. The number of nitrogens with one attached hydrogen (secondary N) is 2. The molecule has 0 bridgehead atoms. The number of rotatable bonds is 7. The SMILES string of the molecule is CN=C(NCCCn1cccn1)NCc1cccc(N2CC=CC2)c1. The van der Waals surface area contributed by atoms with E-state index in [1.807, 2.05) is 16.9 Å². The number of aliphatic imine (C=N–C) groups is 1. The van der Waals surface area contributed by atoms with Crippen LogP contribution in [0.25, 0.3) is 0 Å². The molecule has 25 heavy (non-hydrogen) atoms. The van der Waals surface area contributed by atoms with Gasteiger partial charge in [-0.05, 0) is 30.2 Å². The number of nitrogens with zero attached hydrogens (tertiary/aromatic N) is 4. The van der Waals surface area contributed by atoms with Crippen LogP contribution in [0.3, 0.4) is 0 Å². The summed E-state index contributed by atoms with van der Waals surface area (Å²) in [5, 5.41) is 10.9. The minimum atomic E-state index is 0.758. The fourth-order valence-electron chi connectivity index (χ4n) is 2.84. The van der Waals surface area contributed by atoms with Crippen molar-refractivity contribution < 1.29 is 0 Å². The zero-order valence-electron chi connectivity index (χ0n) is 14.7. The van der Waals surface area contributed by atoms with Crippen molar-refractivity contribution in [1.82, 2.24) is 20.4 Å². The largest absolute Gasteiger partial charge is 0.364 e. The van der Waals surface area contributed by atoms with Crippen molar-refractivity contribution in [2.24, 2.45) is 4.99 Å². The van der Waals surface area contributed by atoms with Crippen molar-refractivity contribution in [3.05, 3.63) is 60.4 Å². The average molecular weight is 338 g/mol. The zero-order chi connectivity index (χ0) is 17.3. The first-order valence-corrected chi connectivity index (χ1v) is 8.76. The smallest absolute Gasteiger partial charge is 0.191 e. The third-order valence-corrected chi connectivity index (χ3v) is 4.19. The number of anilines is 1. The molecular weight excluding hydrogens is 312 g/mol. The molecule has 6 heteroatoms. The van der Waals surface area contributed by atoms with Gasteiger partial charge in [0.2, 0.25) is 0 Å². The summed E-state index contributed by atoms with van der Waals surface area (Å²) >= 11 is 0. The molecule has 1 aliphatic heterocycles. The van der Waals surface area contributed by atoms with Crippen molar-refractivity contribution in [2.45, 2.75) is 19.5 Å². The van der Waals surface area contributed by atoms with Gasteiger partial charge in [0.1, 0.15) is 0 Å². The van der Waals surface area contributed by atoms with Crippen molar-refractivity contribution >= 4 is 11.6 Å². The first-order chi connectivity index (χ1) is 12.3. The lowest BCUT2D eigenvalue weighted by Gasteiger charge is -2.19. The summed E-state index contributed by atoms with van der Waals surface area (Å²) in [5.74, 6) is 0.828. The molecule has 1 aromatic carbocycles. The molecule has 0 saturated carbocycles. The molecule has 0 atom stereocenters. The van der Waals surface area contributed by atoms with E-state index in [9.17, 15) is 0 Å². The molecule has 0 spiro atoms. The van der Waals surface area contributed by atoms with E-state index in [-0.39, 0.29) is 0 Å². The Kier molecular flexibility index (Phi) is 6.09. The number of hydrogen-bond donors (Lipinski definition) is 2. The van der Waals surface area contributed by atoms with Crippen LogP contribution in [0.4, 0.5) is 5.69 Å². The second-order valence-corrected chi connectivity index (χ2v) is 6.02. The first-order valence-electron chi connectivity index (χ1n) is 8.76. The van der Waals surface area contributed by atoms with Gasteiger partial charge in [-0.15, -0.1) is 0 Å². The summed E-state index contributed by atoms with van der Waals surface area (Å²) < 4.78 is 1.94. The molecule has 3 rings (SSSR count). The highest BCUT2D eigenvalue weighted by atomic mass is 15.3. The molecule has 1 aliphatic rings. The van der Waals surface area contributed by atoms with Crippen LogP contribution in [0.15, 0.2) is 59.9 Å². The summed E-state index contributed by atoms with van der Waals surface area (Å²) in [7, 11) is 1.80. The van der Waals surface area contributed by atoms with Crippen molar-refractivity contribution in [1.29, 1.82) is 0 Å². The Labute approximate surface area is 149 Å². The second-order valence-electron chi connectivity index (χ2n) is 6.02. The van der Waals surface area contributed by atoms with Crippen LogP contribution in [0.1, 0.15) is 12.0 Å². The van der Waals surface area contributed by atoms with Crippen LogP contribution in [0.5, 0.6) is 0 Å². The highest BCUT2D eigenvalue weighted by molar-refractivity contribution is 5.79. The van der Waals surface area contributed by atoms with E-state index >= 15 is 0 Å². The molecule has 2 N–H and O–H groups in total. The topological polar surface area (TPSA) is 57.5 Å². The molecular formula is C19H26N6. The van der Waals surface area contributed by atoms with Gasteiger partial charge in [-0.3, -0.25) is 9.67 Å². The van der Waals surface area contributed by atoms with Gasteiger partial charge in [0.25, 0.3) is 0 Å². The van der Waals surface area contributed by atoms with Gasteiger partial charge in [0, 0.05) is 57.9 Å². The molecule has 0 fully saturated rings. The maximum atomic E-state index is 4.29. The number of benzene rings is 1. The van der Waals surface area contributed by atoms with Crippen LogP contribution in [0.2, 0.25) is 0 Å². The van der Waals surface area contributed by atoms with Gasteiger partial charge in [0.05, 0.1) is 0 Å². The van der Waals surface area contributed by atoms with E-state index in [2.05, 4.69) is 62.0 Å². The predicted octanol–water partition coefficient (Wildman–Crippen LogP) is 2.01. The Bertz CT molecular complexity index is 696. The van der Waals surface area contributed by atoms with Gasteiger partial charge >= 0.3 is 0 Å². The summed E-state index contributed by atoms with van der Waals surface area (Å²) in [4.78, 5) is 6.64. The van der Waals surface area contributed by atoms with Crippen LogP contribution < -0.4 is 15.5 Å². The summed E-state index contributed by atoms with van der Waals surface area (Å²) in [5.41, 5.74) is 2.52. The standard InChI is InChI=1S/C19H26N6/c1-20-19(21-9-5-13-25-14-6-10-23-25)22-16-17-7-4-8-18(15-17)24-11-2-3-12-24/h2-4,6-8,10,14-15H,5,9,11-13,16H2,1H3,(H2,20,21,22). The molecule has 0 aliphatic carbocycles. The Balaban J connectivity index is 1.42. The van der Waals surface area contributed by atoms with Crippen LogP contribution in [-0.4, -0.2) is 42.4 Å². The van der Waals surface area contributed by atoms with Crippen LogP contribution >= 0.6 is 0 Å². The Morgan fingerprint density at radius 2 is 2.08 bits per heavy atom. The van der Waals surface area contributed by atoms with E-state index < -0.39 is 0 Å². The second kappa shape index (κ2) is 8.92. The number of aromatic nitrogens is 2. The minimum absolute atomic E-state index is 0.758. The van der Waals surface area contributed by atoms with Crippen molar-refractivity contribution in [3.63, 3.8) is 0 Å². The van der Waals surface area contributed by atoms with Crippen LogP contribution in [0, 0.1) is 0 Å². The average Bonchev–Trinajstić information content (AvgIpc) is 3.35. The number of hydrogen-bond acceptors (Lipinski definition) is 3. The Morgan fingerprint density at radius 1 is 1.20 bits per heavy atom. The lowest BCUT2D eigenvalue weighted by atomic mass is 10.2. The Morgan fingerprint density at radius 3 is 2.84 bits per heavy atom. The van der Waals surface area contributed by atoms with E-state index in [0.717, 1.165) is 45.1 Å². The van der Waals surface area contributed by atoms with Crippen LogP contribution in [-0.2, 0) is 13.1 Å². The minimum Gasteiger partial charge on any atom is -0.364 e. The van der Waals surface area contributed by atoms with E-state index in [1.165, 1.54) is 11.3 Å². The quantitative estimate of drug-likeness (QED) is 0.351. The van der Waals surface area contributed by atoms with Gasteiger partial charge < -0.3 is 15.5 Å². The number of guanidine groups is 1. The van der Waals surface area contributed by atoms with E-state index in [1.54, 1.807) is 13.2 Å². The summed E-state index contributed by atoms with van der Waals surface area (Å²) in [6.07, 6.45) is 9.20. The fourth-order valence-corrected chi connectivity index (χ4v) is 2.84. The fraction of sp³-hybridized carbons (Fsp3) is 0.368. The highest BCUT2D eigenvalue weighted by Gasteiger charge is 2.08. The molecule has 1 aromatic heterocycles. The maximum absolute atomic E-state index is 4.29. The Hall–Kier alpha value is -2.76. The predicted molar refractivity (Wildman–Crippen MR) is 103 cm³/mol. The third kappa shape index (κ3) is 5.11. The zero-order valence-corrected chi connectivity index (χ0v) is 14.7. The lowest BCUT2D eigenvalue weighted by Crippen LogP contribution is -2.37. The summed E-state index contributed by atoms with van der Waals surface area (Å²) in [6, 6.07) is 10.6. The molecule has 2 aromatic rings. The van der Waals surface area contributed by atoms with Gasteiger partial charge in [-0.25, -0.2) is 0 Å². The third-order valence-electron chi connectivity index (χ3n) is 4.19. The van der Waals surface area contributed by atoms with Gasteiger partial charge in [-0.2, -0.15) is 5.10 Å². The monoisotopic (exact) mass is 338 g/mol. The molecule has 0 saturated heterocycles. The maximum Gasteiger partial charge on any atom is 0.191 e. The van der Waals surface area contributed by atoms with E-state index in [0.29, 0.717) is 0 Å². The molecule has 0 radical (unpaired) electrons. The number of aryl methyl sites for hydroxylation is 1. The lowest BCUT2D eigenvalue weighted by molar-refractivity contribution is 0.570. The molecule has 132 valence electrons. The first kappa shape index (κ1) is 17.1. The van der Waals surface area contributed by atoms with Gasteiger partial charge in [-0.1, -0.05) is 24.3 Å². The normalized spacial score (nSPS) is 14.1. The van der Waals surface area contributed by atoms with Gasteiger partial charge in [0.15, 0.2) is 5.96 Å². The molecule has 2 heterocycles. The molecule has 0 amide bonds. The molecule has 0 unspecified atom stereocenters. The van der Waals surface area contributed by atoms with Crippen molar-refractivity contribution in [3.8, 4) is 0 Å².